The van der Waals surface area contributed by atoms with E-state index in [2.05, 4.69) is 11.2 Å². The molecule has 1 fully saturated rings. The van der Waals surface area contributed by atoms with Crippen molar-refractivity contribution in [1.29, 1.82) is 0 Å². The van der Waals surface area contributed by atoms with Gasteiger partial charge in [-0.15, -0.1) is 5.16 Å². The van der Waals surface area contributed by atoms with Crippen molar-refractivity contribution in [3.8, 4) is 11.5 Å². The molecule has 1 heterocycles. The third kappa shape index (κ3) is 1.50. The molecule has 1 N–H and O–H groups in total. The van der Waals surface area contributed by atoms with Crippen LogP contribution >= 0.6 is 0 Å². The molecule has 1 aliphatic heterocycles. The molecule has 4 nitrogen and oxygen atoms in total. The molecular weight excluding hydrogens is 206 g/mol. The Morgan fingerprint density at radius 1 is 1.31 bits per heavy atom. The van der Waals surface area contributed by atoms with Gasteiger partial charge in [-0.25, -0.2) is 0 Å². The minimum Gasteiger partial charge on any atom is -0.486 e. The van der Waals surface area contributed by atoms with Gasteiger partial charge in [0.05, 0.1) is 0 Å². The summed E-state index contributed by atoms with van der Waals surface area (Å²) in [5.41, 5.74) is 1.17. The van der Waals surface area contributed by atoms with Crippen LogP contribution in [0.3, 0.4) is 0 Å². The number of hydrogen-bond donors (Lipinski definition) is 1. The van der Waals surface area contributed by atoms with Crippen molar-refractivity contribution in [3.63, 3.8) is 0 Å². The second-order valence-electron chi connectivity index (χ2n) is 4.14. The fourth-order valence-electron chi connectivity index (χ4n) is 2.21. The smallest absolute Gasteiger partial charge is 0.164 e. The van der Waals surface area contributed by atoms with Crippen LogP contribution < -0.4 is 9.47 Å². The molecule has 0 bridgehead atoms. The van der Waals surface area contributed by atoms with E-state index in [0.29, 0.717) is 25.0 Å². The highest BCUT2D eigenvalue weighted by Crippen LogP contribution is 2.51. The molecule has 2 aliphatic rings. The van der Waals surface area contributed by atoms with Gasteiger partial charge in [-0.2, -0.15) is 0 Å². The van der Waals surface area contributed by atoms with Crippen molar-refractivity contribution in [1.82, 2.24) is 0 Å². The van der Waals surface area contributed by atoms with Crippen LogP contribution in [0.4, 0.5) is 0 Å². The van der Waals surface area contributed by atoms with Gasteiger partial charge >= 0.3 is 0 Å². The molecule has 84 valence electrons. The first-order valence-corrected chi connectivity index (χ1v) is 5.46. The van der Waals surface area contributed by atoms with Gasteiger partial charge in [-0.3, -0.25) is 0 Å². The molecule has 0 amide bonds. The Bertz CT molecular complexity index is 430. The van der Waals surface area contributed by atoms with E-state index in [-0.39, 0.29) is 0 Å². The van der Waals surface area contributed by atoms with Gasteiger partial charge in [-0.05, 0) is 18.4 Å². The van der Waals surface area contributed by atoms with Crippen LogP contribution in [0.2, 0.25) is 0 Å². The summed E-state index contributed by atoms with van der Waals surface area (Å²) in [6.45, 7) is 1.22. The molecule has 0 unspecified atom stereocenters. The molecule has 1 aromatic rings. The second kappa shape index (κ2) is 3.70. The molecule has 4 heteroatoms. The molecule has 1 aliphatic carbocycles. The number of hydrogen-bond acceptors (Lipinski definition) is 4. The van der Waals surface area contributed by atoms with Crippen molar-refractivity contribution in [2.75, 3.05) is 13.2 Å². The van der Waals surface area contributed by atoms with E-state index in [4.69, 9.17) is 14.7 Å². The lowest BCUT2D eigenvalue weighted by atomic mass is 10.1. The van der Waals surface area contributed by atoms with E-state index in [1.807, 2.05) is 12.1 Å². The van der Waals surface area contributed by atoms with Crippen LogP contribution in [-0.4, -0.2) is 24.6 Å². The van der Waals surface area contributed by atoms with E-state index in [1.54, 1.807) is 6.21 Å². The van der Waals surface area contributed by atoms with Gasteiger partial charge < -0.3 is 14.7 Å². The normalized spacial score (nSPS) is 27.0. The monoisotopic (exact) mass is 219 g/mol. The molecule has 0 radical (unpaired) electrons. The number of rotatable bonds is 2. The summed E-state index contributed by atoms with van der Waals surface area (Å²) >= 11 is 0. The Hall–Kier alpha value is -1.71. The van der Waals surface area contributed by atoms with E-state index in [1.165, 1.54) is 5.56 Å². The van der Waals surface area contributed by atoms with Crippen LogP contribution in [0, 0.1) is 5.92 Å². The van der Waals surface area contributed by atoms with E-state index in [0.717, 1.165) is 17.9 Å². The largest absolute Gasteiger partial charge is 0.486 e. The zero-order valence-electron chi connectivity index (χ0n) is 8.80. The highest BCUT2D eigenvalue weighted by molar-refractivity contribution is 5.68. The minimum atomic E-state index is 0.335. The summed E-state index contributed by atoms with van der Waals surface area (Å²) in [6, 6.07) is 5.97. The maximum absolute atomic E-state index is 8.49. The molecule has 0 aromatic heterocycles. The third-order valence-corrected chi connectivity index (χ3v) is 3.09. The molecule has 1 aromatic carbocycles. The van der Waals surface area contributed by atoms with Gasteiger partial charge in [-0.1, -0.05) is 12.1 Å². The zero-order chi connectivity index (χ0) is 11.0. The lowest BCUT2D eigenvalue weighted by molar-refractivity contribution is 0.170. The summed E-state index contributed by atoms with van der Waals surface area (Å²) in [5, 5.41) is 11.6. The van der Waals surface area contributed by atoms with Crippen molar-refractivity contribution in [2.24, 2.45) is 11.1 Å². The summed E-state index contributed by atoms with van der Waals surface area (Å²) in [4.78, 5) is 0. The average molecular weight is 219 g/mol. The van der Waals surface area contributed by atoms with Crippen molar-refractivity contribution in [2.45, 2.75) is 12.3 Å². The Balaban J connectivity index is 1.90. The predicted molar refractivity (Wildman–Crippen MR) is 58.6 cm³/mol. The molecular formula is C12H13NO3. The van der Waals surface area contributed by atoms with E-state index >= 15 is 0 Å². The SMILES string of the molecule is ON=C[C@@H]1C[C@H]1c1cccc2c1OCCO2. The van der Waals surface area contributed by atoms with Crippen molar-refractivity contribution >= 4 is 6.21 Å². The van der Waals surface area contributed by atoms with Gasteiger partial charge in [0, 0.05) is 17.7 Å². The fraction of sp³-hybridized carbons (Fsp3) is 0.417. The minimum absolute atomic E-state index is 0.335. The van der Waals surface area contributed by atoms with E-state index < -0.39 is 0 Å². The quantitative estimate of drug-likeness (QED) is 0.470. The fourth-order valence-corrected chi connectivity index (χ4v) is 2.21. The third-order valence-electron chi connectivity index (χ3n) is 3.09. The van der Waals surface area contributed by atoms with Gasteiger partial charge in [0.2, 0.25) is 0 Å². The first kappa shape index (κ1) is 9.51. The summed E-state index contributed by atoms with van der Waals surface area (Å²) in [6.07, 6.45) is 2.61. The number of benzene rings is 1. The van der Waals surface area contributed by atoms with Crippen LogP contribution in [0.1, 0.15) is 17.9 Å². The van der Waals surface area contributed by atoms with E-state index in [9.17, 15) is 0 Å². The average Bonchev–Trinajstić information content (AvgIpc) is 3.08. The van der Waals surface area contributed by atoms with Crippen LogP contribution in [0.25, 0.3) is 0 Å². The number of ether oxygens (including phenoxy) is 2. The highest BCUT2D eigenvalue weighted by atomic mass is 16.6. The Labute approximate surface area is 93.5 Å². The van der Waals surface area contributed by atoms with Crippen LogP contribution in [0.5, 0.6) is 11.5 Å². The van der Waals surface area contributed by atoms with Gasteiger partial charge in [0.15, 0.2) is 11.5 Å². The first-order valence-electron chi connectivity index (χ1n) is 5.46. The maximum atomic E-state index is 8.49. The molecule has 0 spiro atoms. The predicted octanol–water partition coefficient (Wildman–Crippen LogP) is 2.02. The second-order valence-corrected chi connectivity index (χ2v) is 4.14. The first-order chi connectivity index (χ1) is 7.90. The van der Waals surface area contributed by atoms with Crippen LogP contribution in [-0.2, 0) is 0 Å². The summed E-state index contributed by atoms with van der Waals surface area (Å²) < 4.78 is 11.2. The Morgan fingerprint density at radius 3 is 3.06 bits per heavy atom. The number of fused-ring (bicyclic) bond motifs is 1. The summed E-state index contributed by atoms with van der Waals surface area (Å²) in [5.74, 6) is 2.44. The van der Waals surface area contributed by atoms with Gasteiger partial charge in [0.1, 0.15) is 13.2 Å². The number of nitrogens with zero attached hydrogens (tertiary/aromatic N) is 1. The Kier molecular flexibility index (Phi) is 2.20. The zero-order valence-corrected chi connectivity index (χ0v) is 8.80. The lowest BCUT2D eigenvalue weighted by Gasteiger charge is -2.20. The summed E-state index contributed by atoms with van der Waals surface area (Å²) in [7, 11) is 0. The number of para-hydroxylation sites is 1. The highest BCUT2D eigenvalue weighted by Gasteiger charge is 2.40. The lowest BCUT2D eigenvalue weighted by Crippen LogP contribution is -2.16. The van der Waals surface area contributed by atoms with Crippen molar-refractivity contribution < 1.29 is 14.7 Å². The topological polar surface area (TPSA) is 51.1 Å². The standard InChI is InChI=1S/C12H13NO3/c14-13-7-8-6-10(8)9-2-1-3-11-12(9)16-5-4-15-11/h1-3,7-8,10,14H,4-6H2/t8-,10+/m0/s1. The Morgan fingerprint density at radius 2 is 2.19 bits per heavy atom. The molecule has 16 heavy (non-hydrogen) atoms. The maximum Gasteiger partial charge on any atom is 0.164 e. The molecule has 2 atom stereocenters. The van der Waals surface area contributed by atoms with Crippen molar-refractivity contribution in [3.05, 3.63) is 23.8 Å². The van der Waals surface area contributed by atoms with Crippen LogP contribution in [0.15, 0.2) is 23.4 Å². The van der Waals surface area contributed by atoms with Gasteiger partial charge in [0.25, 0.3) is 0 Å². The number of oxime groups is 1. The molecule has 0 saturated heterocycles. The molecule has 1 saturated carbocycles. The molecule has 3 rings (SSSR count).